The highest BCUT2D eigenvalue weighted by Crippen LogP contribution is 2.26. The molecule has 94 valence electrons. The van der Waals surface area contributed by atoms with Crippen molar-refractivity contribution in [2.45, 2.75) is 13.0 Å². The first kappa shape index (κ1) is 11.8. The van der Waals surface area contributed by atoms with Gasteiger partial charge in [0.05, 0.1) is 6.04 Å². The fourth-order valence-electron chi connectivity index (χ4n) is 2.39. The van der Waals surface area contributed by atoms with Crippen LogP contribution in [-0.2, 0) is 0 Å². The second kappa shape index (κ2) is 5.15. The molecule has 2 aromatic carbocycles. The van der Waals surface area contributed by atoms with Crippen molar-refractivity contribution in [3.05, 3.63) is 89.6 Å². The van der Waals surface area contributed by atoms with Crippen LogP contribution in [0.2, 0.25) is 0 Å². The zero-order valence-corrected chi connectivity index (χ0v) is 11.0. The van der Waals surface area contributed by atoms with Gasteiger partial charge in [0.1, 0.15) is 0 Å². The van der Waals surface area contributed by atoms with Crippen LogP contribution in [0.1, 0.15) is 22.7 Å². The summed E-state index contributed by atoms with van der Waals surface area (Å²) in [5, 5.41) is 3.39. The molecule has 19 heavy (non-hydrogen) atoms. The number of benzene rings is 2. The fraction of sp³-hybridized carbons (Fsp3) is 0.111. The van der Waals surface area contributed by atoms with E-state index >= 15 is 0 Å². The van der Waals surface area contributed by atoms with Gasteiger partial charge in [0.25, 0.3) is 0 Å². The molecule has 1 aliphatic rings. The zero-order chi connectivity index (χ0) is 13.1. The van der Waals surface area contributed by atoms with Gasteiger partial charge in [-0.15, -0.1) is 0 Å². The van der Waals surface area contributed by atoms with Gasteiger partial charge >= 0.3 is 0 Å². The zero-order valence-electron chi connectivity index (χ0n) is 11.0. The number of aryl methyl sites for hydroxylation is 1. The molecule has 1 heterocycles. The maximum absolute atomic E-state index is 3.39. The molecule has 0 amide bonds. The molecule has 0 saturated carbocycles. The van der Waals surface area contributed by atoms with Gasteiger partial charge in [-0.05, 0) is 42.0 Å². The van der Waals surface area contributed by atoms with Gasteiger partial charge in [-0.25, -0.2) is 0 Å². The third kappa shape index (κ3) is 2.60. The number of dihydropyridines is 1. The highest BCUT2D eigenvalue weighted by atomic mass is 14.9. The van der Waals surface area contributed by atoms with Gasteiger partial charge < -0.3 is 5.32 Å². The van der Waals surface area contributed by atoms with Crippen LogP contribution in [0.25, 0.3) is 5.57 Å². The summed E-state index contributed by atoms with van der Waals surface area (Å²) in [6.45, 7) is 2.13. The molecule has 0 aliphatic carbocycles. The van der Waals surface area contributed by atoms with E-state index in [1.165, 1.54) is 22.3 Å². The predicted octanol–water partition coefficient (Wildman–Crippen LogP) is 4.24. The Morgan fingerprint density at radius 2 is 1.79 bits per heavy atom. The number of allylic oxidation sites excluding steroid dienone is 2. The molecule has 1 nitrogen and oxygen atoms in total. The van der Waals surface area contributed by atoms with Gasteiger partial charge in [-0.2, -0.15) is 0 Å². The van der Waals surface area contributed by atoms with Crippen LogP contribution in [0.5, 0.6) is 0 Å². The quantitative estimate of drug-likeness (QED) is 0.837. The molecule has 1 atom stereocenters. The van der Waals surface area contributed by atoms with E-state index < -0.39 is 0 Å². The van der Waals surface area contributed by atoms with E-state index in [2.05, 4.69) is 72.9 Å². The van der Waals surface area contributed by atoms with Crippen LogP contribution >= 0.6 is 0 Å². The van der Waals surface area contributed by atoms with Gasteiger partial charge in [0, 0.05) is 0 Å². The third-order valence-corrected chi connectivity index (χ3v) is 3.39. The summed E-state index contributed by atoms with van der Waals surface area (Å²) in [4.78, 5) is 0. The van der Waals surface area contributed by atoms with Crippen molar-refractivity contribution in [1.82, 2.24) is 5.32 Å². The Kier molecular flexibility index (Phi) is 3.20. The summed E-state index contributed by atoms with van der Waals surface area (Å²) in [7, 11) is 0. The monoisotopic (exact) mass is 247 g/mol. The maximum Gasteiger partial charge on any atom is 0.0701 e. The highest BCUT2D eigenvalue weighted by Gasteiger charge is 2.11. The van der Waals surface area contributed by atoms with Gasteiger partial charge in [-0.1, -0.05) is 60.2 Å². The van der Waals surface area contributed by atoms with E-state index in [-0.39, 0.29) is 6.04 Å². The fourth-order valence-corrected chi connectivity index (χ4v) is 2.39. The standard InChI is InChI=1S/C18H17N/c1-14-6-5-9-16(12-14)17-10-11-19-18(13-17)15-7-3-2-4-8-15/h2-13,18-19H,1H3. The number of rotatable bonds is 2. The lowest BCUT2D eigenvalue weighted by Crippen LogP contribution is -2.16. The molecule has 3 rings (SSSR count). The molecule has 1 N–H and O–H groups in total. The Hall–Kier alpha value is -2.28. The molecule has 0 spiro atoms. The molecule has 0 fully saturated rings. The topological polar surface area (TPSA) is 12.0 Å². The van der Waals surface area contributed by atoms with Crippen molar-refractivity contribution in [1.29, 1.82) is 0 Å². The normalized spacial score (nSPS) is 17.7. The minimum atomic E-state index is 0.252. The molecule has 0 aromatic heterocycles. The Labute approximate surface area is 114 Å². The molecule has 1 aliphatic heterocycles. The minimum absolute atomic E-state index is 0.252. The summed E-state index contributed by atoms with van der Waals surface area (Å²) in [5.74, 6) is 0. The second-order valence-electron chi connectivity index (χ2n) is 4.88. The van der Waals surface area contributed by atoms with Crippen LogP contribution in [0.4, 0.5) is 0 Å². The number of hydrogen-bond acceptors (Lipinski definition) is 1. The van der Waals surface area contributed by atoms with E-state index in [9.17, 15) is 0 Å². The number of nitrogens with one attached hydrogen (secondary N) is 1. The summed E-state index contributed by atoms with van der Waals surface area (Å²) in [6.07, 6.45) is 6.45. The van der Waals surface area contributed by atoms with E-state index in [4.69, 9.17) is 0 Å². The Bertz CT molecular complexity index is 623. The van der Waals surface area contributed by atoms with Crippen LogP contribution < -0.4 is 5.32 Å². The average Bonchev–Trinajstić information content (AvgIpc) is 2.48. The van der Waals surface area contributed by atoms with Gasteiger partial charge in [0.2, 0.25) is 0 Å². The lowest BCUT2D eigenvalue weighted by Gasteiger charge is -2.19. The minimum Gasteiger partial charge on any atom is -0.381 e. The second-order valence-corrected chi connectivity index (χ2v) is 4.88. The van der Waals surface area contributed by atoms with Gasteiger partial charge in [0.15, 0.2) is 0 Å². The van der Waals surface area contributed by atoms with Crippen molar-refractivity contribution >= 4 is 5.57 Å². The smallest absolute Gasteiger partial charge is 0.0701 e. The summed E-state index contributed by atoms with van der Waals surface area (Å²) >= 11 is 0. The Morgan fingerprint density at radius 1 is 0.947 bits per heavy atom. The first-order valence-electron chi connectivity index (χ1n) is 6.59. The van der Waals surface area contributed by atoms with E-state index in [0.717, 1.165) is 0 Å². The molecule has 0 saturated heterocycles. The SMILES string of the molecule is Cc1cccc(C2=CC(c3ccccc3)NC=C2)c1. The predicted molar refractivity (Wildman–Crippen MR) is 80.6 cm³/mol. The molecular formula is C18H17N. The lowest BCUT2D eigenvalue weighted by molar-refractivity contribution is 0.749. The van der Waals surface area contributed by atoms with Crippen molar-refractivity contribution < 1.29 is 0 Å². The molecule has 0 bridgehead atoms. The first-order chi connectivity index (χ1) is 9.33. The van der Waals surface area contributed by atoms with Crippen molar-refractivity contribution in [2.75, 3.05) is 0 Å². The Balaban J connectivity index is 1.94. The third-order valence-electron chi connectivity index (χ3n) is 3.39. The molecule has 0 radical (unpaired) electrons. The van der Waals surface area contributed by atoms with E-state index in [1.807, 2.05) is 12.3 Å². The maximum atomic E-state index is 3.39. The summed E-state index contributed by atoms with van der Waals surface area (Å²) < 4.78 is 0. The number of hydrogen-bond donors (Lipinski definition) is 1. The van der Waals surface area contributed by atoms with Crippen LogP contribution in [0, 0.1) is 6.92 Å². The summed E-state index contributed by atoms with van der Waals surface area (Å²) in [6, 6.07) is 19.4. The van der Waals surface area contributed by atoms with E-state index in [0.29, 0.717) is 0 Å². The van der Waals surface area contributed by atoms with Gasteiger partial charge in [-0.3, -0.25) is 0 Å². The molecule has 2 aromatic rings. The average molecular weight is 247 g/mol. The largest absolute Gasteiger partial charge is 0.381 e. The van der Waals surface area contributed by atoms with Crippen molar-refractivity contribution in [3.63, 3.8) is 0 Å². The molecule has 1 heteroatoms. The summed E-state index contributed by atoms with van der Waals surface area (Å²) in [5.41, 5.74) is 5.13. The van der Waals surface area contributed by atoms with Crippen LogP contribution in [-0.4, -0.2) is 0 Å². The first-order valence-corrected chi connectivity index (χ1v) is 6.59. The van der Waals surface area contributed by atoms with Crippen LogP contribution in [0.3, 0.4) is 0 Å². The van der Waals surface area contributed by atoms with Crippen LogP contribution in [0.15, 0.2) is 72.9 Å². The van der Waals surface area contributed by atoms with E-state index in [1.54, 1.807) is 0 Å². The van der Waals surface area contributed by atoms with Crippen molar-refractivity contribution in [3.8, 4) is 0 Å². The Morgan fingerprint density at radius 3 is 2.58 bits per heavy atom. The lowest BCUT2D eigenvalue weighted by atomic mass is 9.96. The molecule has 1 unspecified atom stereocenters. The molecular weight excluding hydrogens is 230 g/mol. The highest BCUT2D eigenvalue weighted by molar-refractivity contribution is 5.75. The van der Waals surface area contributed by atoms with Crippen molar-refractivity contribution in [2.24, 2.45) is 0 Å².